The highest BCUT2D eigenvalue weighted by molar-refractivity contribution is 5.94. The fraction of sp³-hybridized carbons (Fsp3) is 0.632. The highest BCUT2D eigenvalue weighted by Gasteiger charge is 2.41. The van der Waals surface area contributed by atoms with Crippen LogP contribution in [0, 0.1) is 11.7 Å². The zero-order chi connectivity index (χ0) is 17.3. The van der Waals surface area contributed by atoms with Gasteiger partial charge in [-0.15, -0.1) is 0 Å². The standard InChI is InChI=1S/C19H27FN2O2/c1-21(2)19(13-14-4-5-14)8-10-22(11-9-19)18(23)15-6-7-17(24-3)16(20)12-15/h6-7,12,14H,4-5,8-11,13H2,1-3H3. The van der Waals surface area contributed by atoms with Crippen molar-refractivity contribution in [2.75, 3.05) is 34.3 Å². The van der Waals surface area contributed by atoms with Crippen molar-refractivity contribution >= 4 is 5.91 Å². The van der Waals surface area contributed by atoms with Crippen LogP contribution >= 0.6 is 0 Å². The predicted octanol–water partition coefficient (Wildman–Crippen LogP) is 3.17. The van der Waals surface area contributed by atoms with Gasteiger partial charge in [0, 0.05) is 24.2 Å². The minimum Gasteiger partial charge on any atom is -0.494 e. The van der Waals surface area contributed by atoms with Crippen molar-refractivity contribution in [2.45, 2.75) is 37.6 Å². The largest absolute Gasteiger partial charge is 0.494 e. The fourth-order valence-electron chi connectivity index (χ4n) is 3.80. The van der Waals surface area contributed by atoms with Crippen molar-refractivity contribution in [1.82, 2.24) is 9.80 Å². The SMILES string of the molecule is COc1ccc(C(=O)N2CCC(CC3CC3)(N(C)C)CC2)cc1F. The maximum Gasteiger partial charge on any atom is 0.253 e. The number of piperidine rings is 1. The molecule has 24 heavy (non-hydrogen) atoms. The predicted molar refractivity (Wildman–Crippen MR) is 91.8 cm³/mol. The van der Waals surface area contributed by atoms with Gasteiger partial charge in [0.25, 0.3) is 5.91 Å². The van der Waals surface area contributed by atoms with E-state index in [1.165, 1.54) is 38.5 Å². The third kappa shape index (κ3) is 3.41. The van der Waals surface area contributed by atoms with Gasteiger partial charge in [-0.1, -0.05) is 12.8 Å². The fourth-order valence-corrected chi connectivity index (χ4v) is 3.80. The van der Waals surface area contributed by atoms with Gasteiger partial charge in [-0.05, 0) is 57.5 Å². The summed E-state index contributed by atoms with van der Waals surface area (Å²) in [5, 5.41) is 0. The molecule has 2 fully saturated rings. The van der Waals surface area contributed by atoms with Gasteiger partial charge in [0.2, 0.25) is 0 Å². The highest BCUT2D eigenvalue weighted by Crippen LogP contribution is 2.42. The summed E-state index contributed by atoms with van der Waals surface area (Å²) < 4.78 is 18.8. The molecule has 0 N–H and O–H groups in total. The number of benzene rings is 1. The van der Waals surface area contributed by atoms with Crippen molar-refractivity contribution < 1.29 is 13.9 Å². The van der Waals surface area contributed by atoms with E-state index in [1.54, 1.807) is 6.07 Å². The van der Waals surface area contributed by atoms with Crippen LogP contribution in [0.25, 0.3) is 0 Å². The first kappa shape index (κ1) is 17.2. The van der Waals surface area contributed by atoms with E-state index in [0.29, 0.717) is 5.56 Å². The maximum atomic E-state index is 13.9. The van der Waals surface area contributed by atoms with Gasteiger partial charge in [-0.3, -0.25) is 4.79 Å². The number of methoxy groups -OCH3 is 1. The second-order valence-electron chi connectivity index (χ2n) is 7.41. The van der Waals surface area contributed by atoms with Crippen molar-refractivity contribution in [3.63, 3.8) is 0 Å². The summed E-state index contributed by atoms with van der Waals surface area (Å²) in [5.74, 6) is 0.457. The number of likely N-dealkylation sites (tertiary alicyclic amines) is 1. The molecule has 4 nitrogen and oxygen atoms in total. The Morgan fingerprint density at radius 2 is 2.00 bits per heavy atom. The van der Waals surface area contributed by atoms with Crippen molar-refractivity contribution in [2.24, 2.45) is 5.92 Å². The molecule has 1 aromatic rings. The second-order valence-corrected chi connectivity index (χ2v) is 7.41. The summed E-state index contributed by atoms with van der Waals surface area (Å²) in [5.41, 5.74) is 0.608. The van der Waals surface area contributed by atoms with E-state index in [4.69, 9.17) is 4.74 Å². The molecule has 1 saturated carbocycles. The molecule has 1 saturated heterocycles. The number of carbonyl (C=O) groups is 1. The first-order valence-electron chi connectivity index (χ1n) is 8.75. The van der Waals surface area contributed by atoms with Gasteiger partial charge < -0.3 is 14.5 Å². The van der Waals surface area contributed by atoms with Crippen LogP contribution in [0.5, 0.6) is 5.75 Å². The summed E-state index contributed by atoms with van der Waals surface area (Å²) in [7, 11) is 5.72. The first-order valence-corrected chi connectivity index (χ1v) is 8.75. The number of carbonyl (C=O) groups excluding carboxylic acids is 1. The maximum absolute atomic E-state index is 13.9. The Kier molecular flexibility index (Phi) is 4.81. The average molecular weight is 334 g/mol. The summed E-state index contributed by atoms with van der Waals surface area (Å²) in [6.07, 6.45) is 5.91. The summed E-state index contributed by atoms with van der Waals surface area (Å²) in [6, 6.07) is 4.44. The summed E-state index contributed by atoms with van der Waals surface area (Å²) in [6.45, 7) is 1.47. The topological polar surface area (TPSA) is 32.8 Å². The van der Waals surface area contributed by atoms with Crippen LogP contribution in [0.3, 0.4) is 0 Å². The van der Waals surface area contributed by atoms with Crippen LogP contribution in [0.1, 0.15) is 42.5 Å². The smallest absolute Gasteiger partial charge is 0.253 e. The van der Waals surface area contributed by atoms with E-state index in [-0.39, 0.29) is 17.2 Å². The molecule has 1 heterocycles. The van der Waals surface area contributed by atoms with E-state index in [2.05, 4.69) is 19.0 Å². The molecule has 3 rings (SSSR count). The number of halogens is 1. The molecule has 2 aliphatic rings. The first-order chi connectivity index (χ1) is 11.4. The third-order valence-electron chi connectivity index (χ3n) is 5.69. The minimum absolute atomic E-state index is 0.0877. The van der Waals surface area contributed by atoms with Crippen molar-refractivity contribution in [3.05, 3.63) is 29.6 Å². The van der Waals surface area contributed by atoms with Gasteiger partial charge in [-0.2, -0.15) is 0 Å². The number of rotatable bonds is 5. The quantitative estimate of drug-likeness (QED) is 0.829. The van der Waals surface area contributed by atoms with E-state index in [0.717, 1.165) is 31.8 Å². The Morgan fingerprint density at radius 3 is 2.50 bits per heavy atom. The van der Waals surface area contributed by atoms with Crippen LogP contribution in [0.15, 0.2) is 18.2 Å². The Bertz CT molecular complexity index is 605. The van der Waals surface area contributed by atoms with E-state index >= 15 is 0 Å². The lowest BCUT2D eigenvalue weighted by atomic mass is 9.81. The van der Waals surface area contributed by atoms with Crippen LogP contribution in [-0.4, -0.2) is 55.5 Å². The molecular weight excluding hydrogens is 307 g/mol. The number of hydrogen-bond donors (Lipinski definition) is 0. The zero-order valence-corrected chi connectivity index (χ0v) is 14.8. The Morgan fingerprint density at radius 1 is 1.33 bits per heavy atom. The molecule has 1 aliphatic heterocycles. The molecule has 1 aliphatic carbocycles. The Balaban J connectivity index is 1.67. The van der Waals surface area contributed by atoms with Crippen LogP contribution < -0.4 is 4.74 Å². The normalized spacial score (nSPS) is 20.3. The number of amides is 1. The van der Waals surface area contributed by atoms with Gasteiger partial charge in [0.05, 0.1) is 7.11 Å². The van der Waals surface area contributed by atoms with Gasteiger partial charge in [0.1, 0.15) is 0 Å². The van der Waals surface area contributed by atoms with E-state index in [9.17, 15) is 9.18 Å². The molecule has 132 valence electrons. The second kappa shape index (κ2) is 6.71. The molecule has 0 unspecified atom stereocenters. The molecule has 1 aromatic carbocycles. The lowest BCUT2D eigenvalue weighted by Gasteiger charge is -2.46. The molecule has 0 aromatic heterocycles. The van der Waals surface area contributed by atoms with Crippen molar-refractivity contribution in [1.29, 1.82) is 0 Å². The van der Waals surface area contributed by atoms with Gasteiger partial charge in [0.15, 0.2) is 11.6 Å². The zero-order valence-electron chi connectivity index (χ0n) is 14.8. The average Bonchev–Trinajstić information content (AvgIpc) is 3.38. The summed E-state index contributed by atoms with van der Waals surface area (Å²) in [4.78, 5) is 16.9. The summed E-state index contributed by atoms with van der Waals surface area (Å²) >= 11 is 0. The Labute approximate surface area is 143 Å². The molecule has 0 spiro atoms. The highest BCUT2D eigenvalue weighted by atomic mass is 19.1. The number of nitrogens with zero attached hydrogens (tertiary/aromatic N) is 2. The van der Waals surface area contributed by atoms with E-state index < -0.39 is 5.82 Å². The van der Waals surface area contributed by atoms with E-state index in [1.807, 2.05) is 4.90 Å². The van der Waals surface area contributed by atoms with Crippen LogP contribution in [0.4, 0.5) is 4.39 Å². The molecule has 0 atom stereocenters. The lowest BCUT2D eigenvalue weighted by Crippen LogP contribution is -2.54. The van der Waals surface area contributed by atoms with Gasteiger partial charge >= 0.3 is 0 Å². The molecule has 1 amide bonds. The minimum atomic E-state index is -0.489. The van der Waals surface area contributed by atoms with Crippen LogP contribution in [-0.2, 0) is 0 Å². The van der Waals surface area contributed by atoms with Crippen LogP contribution in [0.2, 0.25) is 0 Å². The van der Waals surface area contributed by atoms with Gasteiger partial charge in [-0.25, -0.2) is 4.39 Å². The number of ether oxygens (including phenoxy) is 1. The van der Waals surface area contributed by atoms with Crippen molar-refractivity contribution in [3.8, 4) is 5.75 Å². The monoisotopic (exact) mass is 334 g/mol. The Hall–Kier alpha value is -1.62. The number of hydrogen-bond acceptors (Lipinski definition) is 3. The third-order valence-corrected chi connectivity index (χ3v) is 5.69. The molecular formula is C19H27FN2O2. The molecule has 0 bridgehead atoms. The lowest BCUT2D eigenvalue weighted by molar-refractivity contribution is 0.0363. The molecule has 5 heteroatoms. The molecule has 0 radical (unpaired) electrons.